The number of amides is 1. The Bertz CT molecular complexity index is 1130. The van der Waals surface area contributed by atoms with Crippen molar-refractivity contribution in [3.63, 3.8) is 0 Å². The van der Waals surface area contributed by atoms with Crippen molar-refractivity contribution in [2.45, 2.75) is 12.4 Å². The van der Waals surface area contributed by atoms with Crippen LogP contribution in [0.1, 0.15) is 19.3 Å². The fraction of sp³-hybridized carbons (Fsp3) is 0.316. The molecule has 15 heteroatoms. The van der Waals surface area contributed by atoms with Crippen LogP contribution in [0.2, 0.25) is 10.0 Å². The number of piperazine rings is 1. The van der Waals surface area contributed by atoms with Gasteiger partial charge in [0.2, 0.25) is 0 Å². The van der Waals surface area contributed by atoms with E-state index in [4.69, 9.17) is 28.0 Å². The molecule has 1 aromatic heterocycles. The van der Waals surface area contributed by atoms with Crippen LogP contribution in [-0.4, -0.2) is 61.1 Å². The van der Waals surface area contributed by atoms with Gasteiger partial charge in [0.25, 0.3) is 11.7 Å². The Labute approximate surface area is 201 Å². The summed E-state index contributed by atoms with van der Waals surface area (Å²) < 4.78 is 75.6. The Morgan fingerprint density at radius 2 is 1.47 bits per heavy atom. The van der Waals surface area contributed by atoms with Gasteiger partial charge in [0, 0.05) is 12.1 Å². The van der Waals surface area contributed by atoms with Crippen LogP contribution in [0.4, 0.5) is 32.0 Å². The quantitative estimate of drug-likeness (QED) is 0.295. The molecule has 0 unspecified atom stereocenters. The normalized spacial score (nSPS) is 16.3. The zero-order chi connectivity index (χ0) is 25.5. The van der Waals surface area contributed by atoms with E-state index in [1.807, 2.05) is 0 Å². The Kier molecular flexibility index (Phi) is 7.23. The van der Waals surface area contributed by atoms with Gasteiger partial charge in [0.05, 0.1) is 32.9 Å². The van der Waals surface area contributed by atoms with Crippen LogP contribution in [0.15, 0.2) is 30.3 Å². The number of rotatable bonds is 4. The minimum atomic E-state index is -5.28. The van der Waals surface area contributed by atoms with Crippen molar-refractivity contribution in [3.8, 4) is 0 Å². The fourth-order valence-corrected chi connectivity index (χ4v) is 4.44. The molecule has 1 saturated heterocycles. The third-order valence-corrected chi connectivity index (χ3v) is 6.72. The molecule has 2 heterocycles. The number of benzene rings is 1. The number of nitrogens with zero attached hydrogens (tertiary/aromatic N) is 2. The first-order valence-corrected chi connectivity index (χ1v) is 10.9. The number of alkyl halides is 6. The van der Waals surface area contributed by atoms with Gasteiger partial charge in [-0.15, -0.1) is 11.3 Å². The molecule has 2 aromatic rings. The van der Waals surface area contributed by atoms with Crippen LogP contribution >= 0.6 is 34.5 Å². The lowest BCUT2D eigenvalue weighted by molar-refractivity contribution is -0.238. The molecular weight excluding hydrogens is 537 g/mol. The van der Waals surface area contributed by atoms with Gasteiger partial charge in [-0.25, -0.2) is 4.79 Å². The number of Topliss-reactive ketones (excluding diaryl/α,β-unsaturated/α-hetero) is 1. The molecule has 0 bridgehead atoms. The summed E-state index contributed by atoms with van der Waals surface area (Å²) in [5.41, 5.74) is 0.0771. The van der Waals surface area contributed by atoms with Gasteiger partial charge in [-0.3, -0.25) is 14.4 Å². The highest BCUT2D eigenvalue weighted by Gasteiger charge is 2.50. The first kappa shape index (κ1) is 26.3. The van der Waals surface area contributed by atoms with E-state index >= 15 is 0 Å². The maximum Gasteiger partial charge on any atom is 0.497 e. The Hall–Kier alpha value is -2.35. The first-order chi connectivity index (χ1) is 15.6. The third kappa shape index (κ3) is 5.48. The van der Waals surface area contributed by atoms with Crippen LogP contribution in [-0.2, 0) is 9.63 Å². The molecule has 0 spiro atoms. The highest BCUT2D eigenvalue weighted by molar-refractivity contribution is 7.16. The standard InChI is InChI=1S/C19H13Cl2F6N2O4S/c20-11-2-1-10(9-12(11)21)29(33-17(32)19(25,26)27)7-5-28(6-8-29)16(31)14-4-3-13(34-14)15(30)18(22,23)24/h1-4,9H,5-8H2/q+1. The minimum Gasteiger partial charge on any atom is -0.326 e. The van der Waals surface area contributed by atoms with Crippen molar-refractivity contribution in [2.24, 2.45) is 0 Å². The fourth-order valence-electron chi connectivity index (χ4n) is 3.21. The van der Waals surface area contributed by atoms with Crippen molar-refractivity contribution in [3.05, 3.63) is 50.1 Å². The summed E-state index contributed by atoms with van der Waals surface area (Å²) in [7, 11) is 0. The molecule has 0 N–H and O–H groups in total. The molecule has 1 amide bonds. The van der Waals surface area contributed by atoms with Gasteiger partial charge < -0.3 is 4.90 Å². The van der Waals surface area contributed by atoms with Gasteiger partial charge in [-0.2, -0.15) is 26.3 Å². The number of carbonyl (C=O) groups excluding carboxylic acids is 3. The first-order valence-electron chi connectivity index (χ1n) is 9.28. The van der Waals surface area contributed by atoms with Gasteiger partial charge >= 0.3 is 18.3 Å². The largest absolute Gasteiger partial charge is 0.497 e. The summed E-state index contributed by atoms with van der Waals surface area (Å²) in [6, 6.07) is 5.80. The van der Waals surface area contributed by atoms with Crippen LogP contribution < -0.4 is 4.65 Å². The zero-order valence-corrected chi connectivity index (χ0v) is 19.0. The molecular formula is C19H13Cl2F6N2O4S+. The number of ketones is 1. The second-order valence-electron chi connectivity index (χ2n) is 7.09. The second-order valence-corrected chi connectivity index (χ2v) is 8.99. The predicted molar refractivity (Wildman–Crippen MR) is 111 cm³/mol. The van der Waals surface area contributed by atoms with E-state index < -0.39 is 39.5 Å². The van der Waals surface area contributed by atoms with Crippen molar-refractivity contribution in [1.29, 1.82) is 0 Å². The molecule has 3 rings (SSSR count). The van der Waals surface area contributed by atoms with Crippen LogP contribution in [0, 0.1) is 0 Å². The van der Waals surface area contributed by atoms with E-state index in [1.165, 1.54) is 23.1 Å². The summed E-state index contributed by atoms with van der Waals surface area (Å²) >= 11 is 12.2. The third-order valence-electron chi connectivity index (χ3n) is 4.91. The average Bonchev–Trinajstić information content (AvgIpc) is 3.23. The Morgan fingerprint density at radius 3 is 2.00 bits per heavy atom. The van der Waals surface area contributed by atoms with Crippen molar-refractivity contribution in [2.75, 3.05) is 26.2 Å². The molecule has 1 fully saturated rings. The number of quaternary nitrogens is 1. The van der Waals surface area contributed by atoms with E-state index in [2.05, 4.69) is 0 Å². The summed E-state index contributed by atoms with van der Waals surface area (Å²) in [5.74, 6) is -5.27. The molecule has 184 valence electrons. The SMILES string of the molecule is O=C(c1ccc(C(=O)C(F)(F)F)s1)N1CC[N+](OC(=O)C(F)(F)F)(c2ccc(Cl)c(Cl)c2)CC1. The summed E-state index contributed by atoms with van der Waals surface area (Å²) in [5, 5.41) is 0.111. The molecule has 0 saturated carbocycles. The van der Waals surface area contributed by atoms with Gasteiger partial charge in [-0.05, 0) is 18.2 Å². The Morgan fingerprint density at radius 1 is 0.882 bits per heavy atom. The molecule has 0 aliphatic carbocycles. The molecule has 0 radical (unpaired) electrons. The van der Waals surface area contributed by atoms with Crippen molar-refractivity contribution >= 4 is 57.9 Å². The molecule has 1 aliphatic rings. The predicted octanol–water partition coefficient (Wildman–Crippen LogP) is 5.28. The summed E-state index contributed by atoms with van der Waals surface area (Å²) in [6.07, 6.45) is -10.4. The van der Waals surface area contributed by atoms with Gasteiger partial charge in [-0.1, -0.05) is 27.8 Å². The highest BCUT2D eigenvalue weighted by atomic mass is 35.5. The zero-order valence-electron chi connectivity index (χ0n) is 16.7. The lowest BCUT2D eigenvalue weighted by atomic mass is 10.2. The second kappa shape index (κ2) is 9.36. The van der Waals surface area contributed by atoms with Crippen LogP contribution in [0.25, 0.3) is 0 Å². The lowest BCUT2D eigenvalue weighted by Crippen LogP contribution is -2.63. The molecule has 0 atom stereocenters. The Balaban J connectivity index is 1.82. The highest BCUT2D eigenvalue weighted by Crippen LogP contribution is 2.35. The van der Waals surface area contributed by atoms with Crippen LogP contribution in [0.3, 0.4) is 0 Å². The monoisotopic (exact) mass is 549 g/mol. The van der Waals surface area contributed by atoms with Crippen molar-refractivity contribution < 1.29 is 45.6 Å². The minimum absolute atomic E-state index is 0.00122. The topological polar surface area (TPSA) is 63.7 Å². The van der Waals surface area contributed by atoms with E-state index in [9.17, 15) is 40.7 Å². The maximum absolute atomic E-state index is 12.9. The van der Waals surface area contributed by atoms with Crippen molar-refractivity contribution in [1.82, 2.24) is 9.55 Å². The van der Waals surface area contributed by atoms with Crippen LogP contribution in [0.5, 0.6) is 0 Å². The number of thiophene rings is 1. The molecule has 1 aromatic carbocycles. The number of hydroxylamine groups is 2. The van der Waals surface area contributed by atoms with E-state index in [1.54, 1.807) is 0 Å². The molecule has 34 heavy (non-hydrogen) atoms. The number of halogens is 8. The number of carbonyl (C=O) groups is 3. The molecule has 1 aliphatic heterocycles. The number of hydrogen-bond acceptors (Lipinski definition) is 5. The van der Waals surface area contributed by atoms with E-state index in [0.29, 0.717) is 11.3 Å². The maximum atomic E-state index is 12.9. The average molecular weight is 550 g/mol. The van der Waals surface area contributed by atoms with Gasteiger partial charge in [0.15, 0.2) is 5.69 Å². The number of hydrogen-bond donors (Lipinski definition) is 0. The molecule has 6 nitrogen and oxygen atoms in total. The van der Waals surface area contributed by atoms with Gasteiger partial charge in [0.1, 0.15) is 13.1 Å². The summed E-state index contributed by atoms with van der Waals surface area (Å²) in [6.45, 7) is -1.06. The van der Waals surface area contributed by atoms with E-state index in [0.717, 1.165) is 12.1 Å². The smallest absolute Gasteiger partial charge is 0.326 e. The van der Waals surface area contributed by atoms with E-state index in [-0.39, 0.29) is 46.8 Å². The summed E-state index contributed by atoms with van der Waals surface area (Å²) in [4.78, 5) is 40.8. The lowest BCUT2D eigenvalue weighted by Gasteiger charge is -2.40.